The zero-order valence-electron chi connectivity index (χ0n) is 8.44. The highest BCUT2D eigenvalue weighted by molar-refractivity contribution is 5.57. The first kappa shape index (κ1) is 8.94. The maximum atomic E-state index is 4.32. The summed E-state index contributed by atoms with van der Waals surface area (Å²) in [6.45, 7) is 5.08. The Hall–Kier alpha value is -1.64. The Kier molecular flexibility index (Phi) is 2.31. The Balaban J connectivity index is 2.39. The highest BCUT2D eigenvalue weighted by atomic mass is 15.0. The van der Waals surface area contributed by atoms with Crippen LogP contribution in [-0.4, -0.2) is 14.5 Å². The van der Waals surface area contributed by atoms with Gasteiger partial charge in [0.15, 0.2) is 0 Å². The van der Waals surface area contributed by atoms with Crippen LogP contribution >= 0.6 is 0 Å². The minimum absolute atomic E-state index is 0.951. The van der Waals surface area contributed by atoms with Gasteiger partial charge in [0.25, 0.3) is 0 Å². The number of nitrogens with zero attached hydrogens (tertiary/aromatic N) is 3. The third-order valence-electron chi connectivity index (χ3n) is 2.17. The SMILES string of the molecule is CCn1cnc(-c2cncc(C)c2)c1. The lowest BCUT2D eigenvalue weighted by molar-refractivity contribution is 0.762. The van der Waals surface area contributed by atoms with Crippen LogP contribution in [0.5, 0.6) is 0 Å². The number of hydrogen-bond acceptors (Lipinski definition) is 2. The van der Waals surface area contributed by atoms with Gasteiger partial charge in [-0.15, -0.1) is 0 Å². The van der Waals surface area contributed by atoms with E-state index in [9.17, 15) is 0 Å². The van der Waals surface area contributed by atoms with E-state index in [-0.39, 0.29) is 0 Å². The summed E-state index contributed by atoms with van der Waals surface area (Å²) in [5.74, 6) is 0. The van der Waals surface area contributed by atoms with Gasteiger partial charge in [-0.1, -0.05) is 0 Å². The molecule has 14 heavy (non-hydrogen) atoms. The van der Waals surface area contributed by atoms with Crippen LogP contribution in [0.2, 0.25) is 0 Å². The van der Waals surface area contributed by atoms with Gasteiger partial charge in [-0.3, -0.25) is 4.98 Å². The molecule has 2 aromatic heterocycles. The fraction of sp³-hybridized carbons (Fsp3) is 0.273. The van der Waals surface area contributed by atoms with E-state index in [2.05, 4.69) is 27.5 Å². The number of aryl methyl sites for hydroxylation is 2. The van der Waals surface area contributed by atoms with E-state index in [0.717, 1.165) is 23.4 Å². The standard InChI is InChI=1S/C11H13N3/c1-3-14-7-11(13-8-14)10-4-9(2)5-12-6-10/h4-8H,3H2,1-2H3. The van der Waals surface area contributed by atoms with Crippen molar-refractivity contribution in [1.82, 2.24) is 14.5 Å². The van der Waals surface area contributed by atoms with Gasteiger partial charge in [-0.25, -0.2) is 4.98 Å². The van der Waals surface area contributed by atoms with Crippen LogP contribution in [-0.2, 0) is 6.54 Å². The van der Waals surface area contributed by atoms with Crippen molar-refractivity contribution in [2.24, 2.45) is 0 Å². The minimum atomic E-state index is 0.951. The summed E-state index contributed by atoms with van der Waals surface area (Å²) in [5, 5.41) is 0. The molecule has 0 atom stereocenters. The molecule has 2 rings (SSSR count). The highest BCUT2D eigenvalue weighted by Crippen LogP contribution is 2.16. The third kappa shape index (κ3) is 1.66. The van der Waals surface area contributed by atoms with Crippen LogP contribution in [0.4, 0.5) is 0 Å². The van der Waals surface area contributed by atoms with Gasteiger partial charge in [0.05, 0.1) is 12.0 Å². The van der Waals surface area contributed by atoms with Crippen molar-refractivity contribution in [3.63, 3.8) is 0 Å². The first-order valence-electron chi connectivity index (χ1n) is 4.73. The van der Waals surface area contributed by atoms with Crippen molar-refractivity contribution in [2.45, 2.75) is 20.4 Å². The van der Waals surface area contributed by atoms with E-state index in [4.69, 9.17) is 0 Å². The largest absolute Gasteiger partial charge is 0.337 e. The number of aromatic nitrogens is 3. The molecular formula is C11H13N3. The normalized spacial score (nSPS) is 10.4. The molecule has 3 nitrogen and oxygen atoms in total. The molecule has 0 bridgehead atoms. The molecule has 0 aliphatic rings. The highest BCUT2D eigenvalue weighted by Gasteiger charge is 2.01. The molecule has 0 saturated carbocycles. The topological polar surface area (TPSA) is 30.7 Å². The van der Waals surface area contributed by atoms with Gasteiger partial charge in [0.1, 0.15) is 0 Å². The molecule has 0 N–H and O–H groups in total. The first-order chi connectivity index (χ1) is 6.79. The lowest BCUT2D eigenvalue weighted by Crippen LogP contribution is -1.87. The van der Waals surface area contributed by atoms with Crippen molar-refractivity contribution < 1.29 is 0 Å². The maximum Gasteiger partial charge on any atom is 0.0953 e. The molecule has 0 fully saturated rings. The van der Waals surface area contributed by atoms with Crippen molar-refractivity contribution in [3.05, 3.63) is 36.5 Å². The van der Waals surface area contributed by atoms with E-state index in [1.54, 1.807) is 0 Å². The van der Waals surface area contributed by atoms with Gasteiger partial charge in [0.2, 0.25) is 0 Å². The van der Waals surface area contributed by atoms with E-state index < -0.39 is 0 Å². The Morgan fingerprint density at radius 2 is 2.21 bits per heavy atom. The molecule has 0 aromatic carbocycles. The van der Waals surface area contributed by atoms with Crippen LogP contribution in [0, 0.1) is 6.92 Å². The number of pyridine rings is 1. The lowest BCUT2D eigenvalue weighted by Gasteiger charge is -1.97. The third-order valence-corrected chi connectivity index (χ3v) is 2.17. The van der Waals surface area contributed by atoms with Crippen LogP contribution < -0.4 is 0 Å². The van der Waals surface area contributed by atoms with Crippen molar-refractivity contribution in [2.75, 3.05) is 0 Å². The summed E-state index contributed by atoms with van der Waals surface area (Å²) in [4.78, 5) is 8.47. The summed E-state index contributed by atoms with van der Waals surface area (Å²) in [5.41, 5.74) is 3.23. The van der Waals surface area contributed by atoms with Gasteiger partial charge >= 0.3 is 0 Å². The summed E-state index contributed by atoms with van der Waals surface area (Å²) in [6.07, 6.45) is 7.57. The minimum Gasteiger partial charge on any atom is -0.337 e. The average Bonchev–Trinajstić information content (AvgIpc) is 2.66. The lowest BCUT2D eigenvalue weighted by atomic mass is 10.2. The molecule has 0 aliphatic heterocycles. The predicted molar refractivity (Wildman–Crippen MR) is 55.9 cm³/mol. The van der Waals surface area contributed by atoms with Gasteiger partial charge in [-0.05, 0) is 25.5 Å². The second-order valence-electron chi connectivity index (χ2n) is 3.34. The Labute approximate surface area is 83.4 Å². The van der Waals surface area contributed by atoms with Gasteiger partial charge in [0, 0.05) is 30.7 Å². The second-order valence-corrected chi connectivity index (χ2v) is 3.34. The summed E-state index contributed by atoms with van der Waals surface area (Å²) in [6, 6.07) is 2.09. The molecule has 0 unspecified atom stereocenters. The number of imidazole rings is 1. The zero-order valence-corrected chi connectivity index (χ0v) is 8.44. The molecule has 2 aromatic rings. The van der Waals surface area contributed by atoms with Crippen LogP contribution in [0.3, 0.4) is 0 Å². The Bertz CT molecular complexity index is 432. The average molecular weight is 187 g/mol. The van der Waals surface area contributed by atoms with Gasteiger partial charge < -0.3 is 4.57 Å². The van der Waals surface area contributed by atoms with E-state index in [1.165, 1.54) is 0 Å². The molecule has 2 heterocycles. The molecule has 0 amide bonds. The van der Waals surface area contributed by atoms with Crippen molar-refractivity contribution in [3.8, 4) is 11.3 Å². The van der Waals surface area contributed by atoms with Gasteiger partial charge in [-0.2, -0.15) is 0 Å². The Morgan fingerprint density at radius 1 is 1.36 bits per heavy atom. The van der Waals surface area contributed by atoms with Crippen molar-refractivity contribution >= 4 is 0 Å². The van der Waals surface area contributed by atoms with Crippen LogP contribution in [0.15, 0.2) is 31.0 Å². The second kappa shape index (κ2) is 3.62. The maximum absolute atomic E-state index is 4.32. The summed E-state index contributed by atoms with van der Waals surface area (Å²) in [7, 11) is 0. The Morgan fingerprint density at radius 3 is 2.86 bits per heavy atom. The molecule has 0 spiro atoms. The summed E-state index contributed by atoms with van der Waals surface area (Å²) >= 11 is 0. The predicted octanol–water partition coefficient (Wildman–Crippen LogP) is 2.27. The number of hydrogen-bond donors (Lipinski definition) is 0. The van der Waals surface area contributed by atoms with Crippen LogP contribution in [0.25, 0.3) is 11.3 Å². The van der Waals surface area contributed by atoms with Crippen molar-refractivity contribution in [1.29, 1.82) is 0 Å². The molecule has 0 radical (unpaired) electrons. The van der Waals surface area contributed by atoms with Crippen LogP contribution in [0.1, 0.15) is 12.5 Å². The fourth-order valence-corrected chi connectivity index (χ4v) is 1.38. The van der Waals surface area contributed by atoms with E-state index in [0.29, 0.717) is 0 Å². The quantitative estimate of drug-likeness (QED) is 0.722. The van der Waals surface area contributed by atoms with E-state index in [1.807, 2.05) is 31.8 Å². The zero-order chi connectivity index (χ0) is 9.97. The smallest absolute Gasteiger partial charge is 0.0953 e. The fourth-order valence-electron chi connectivity index (χ4n) is 1.38. The molecule has 3 heteroatoms. The monoisotopic (exact) mass is 187 g/mol. The molecule has 72 valence electrons. The summed E-state index contributed by atoms with van der Waals surface area (Å²) < 4.78 is 2.05. The van der Waals surface area contributed by atoms with E-state index >= 15 is 0 Å². The number of rotatable bonds is 2. The molecular weight excluding hydrogens is 174 g/mol. The molecule has 0 saturated heterocycles. The first-order valence-corrected chi connectivity index (χ1v) is 4.73. The molecule has 0 aliphatic carbocycles.